The molecule has 29 heavy (non-hydrogen) atoms. The first-order chi connectivity index (χ1) is 14.1. The second kappa shape index (κ2) is 9.06. The van der Waals surface area contributed by atoms with Gasteiger partial charge in [0.1, 0.15) is 0 Å². The molecule has 0 bridgehead atoms. The van der Waals surface area contributed by atoms with Crippen molar-refractivity contribution in [1.82, 2.24) is 14.8 Å². The Kier molecular flexibility index (Phi) is 6.26. The van der Waals surface area contributed by atoms with E-state index < -0.39 is 5.60 Å². The van der Waals surface area contributed by atoms with Gasteiger partial charge < -0.3 is 14.5 Å². The Labute approximate surface area is 173 Å². The molecule has 1 aromatic carbocycles. The highest BCUT2D eigenvalue weighted by molar-refractivity contribution is 5.86. The molecule has 0 radical (unpaired) electrons. The van der Waals surface area contributed by atoms with Gasteiger partial charge in [-0.25, -0.2) is 0 Å². The van der Waals surface area contributed by atoms with Gasteiger partial charge in [-0.2, -0.15) is 0 Å². The van der Waals surface area contributed by atoms with Crippen molar-refractivity contribution in [3.63, 3.8) is 0 Å². The Bertz CT molecular complexity index is 790. The third-order valence-corrected chi connectivity index (χ3v) is 6.27. The van der Waals surface area contributed by atoms with E-state index in [1.807, 2.05) is 35.5 Å². The Morgan fingerprint density at radius 1 is 1.07 bits per heavy atom. The molecule has 0 spiro atoms. The second-order valence-corrected chi connectivity index (χ2v) is 8.54. The van der Waals surface area contributed by atoms with E-state index >= 15 is 0 Å². The Morgan fingerprint density at radius 2 is 1.79 bits per heavy atom. The fourth-order valence-corrected chi connectivity index (χ4v) is 4.68. The Hall–Kier alpha value is -2.24. The quantitative estimate of drug-likeness (QED) is 0.784. The molecule has 2 fully saturated rings. The van der Waals surface area contributed by atoms with E-state index in [-0.39, 0.29) is 5.91 Å². The van der Waals surface area contributed by atoms with E-state index in [4.69, 9.17) is 4.74 Å². The summed E-state index contributed by atoms with van der Waals surface area (Å²) >= 11 is 0. The number of hydrogen-bond donors (Lipinski definition) is 0. The summed E-state index contributed by atoms with van der Waals surface area (Å²) in [4.78, 5) is 22.0. The van der Waals surface area contributed by atoms with Gasteiger partial charge in [0, 0.05) is 45.0 Å². The zero-order valence-electron chi connectivity index (χ0n) is 17.3. The van der Waals surface area contributed by atoms with Gasteiger partial charge in [0.05, 0.1) is 6.61 Å². The molecule has 2 aliphatic rings. The first-order valence-electron chi connectivity index (χ1n) is 10.7. The first kappa shape index (κ1) is 20.0. The molecular weight excluding hydrogens is 362 g/mol. The maximum Gasteiger partial charge on any atom is 0.256 e. The van der Waals surface area contributed by atoms with E-state index in [0.29, 0.717) is 25.5 Å². The van der Waals surface area contributed by atoms with Crippen LogP contribution in [-0.4, -0.2) is 66.1 Å². The molecule has 0 N–H and O–H groups in total. The van der Waals surface area contributed by atoms with E-state index in [1.165, 1.54) is 5.56 Å². The molecule has 1 amide bonds. The third kappa shape index (κ3) is 4.85. The van der Waals surface area contributed by atoms with Gasteiger partial charge in [-0.1, -0.05) is 30.3 Å². The van der Waals surface area contributed by atoms with Gasteiger partial charge in [0.25, 0.3) is 5.91 Å². The second-order valence-electron chi connectivity index (χ2n) is 8.54. The molecule has 154 valence electrons. The summed E-state index contributed by atoms with van der Waals surface area (Å²) in [5.41, 5.74) is 1.72. The minimum atomic E-state index is -0.772. The lowest BCUT2D eigenvalue weighted by atomic mass is 9.87. The van der Waals surface area contributed by atoms with Crippen LogP contribution >= 0.6 is 0 Å². The first-order valence-corrected chi connectivity index (χ1v) is 10.7. The fraction of sp³-hybridized carbons (Fsp3) is 0.500. The average molecular weight is 394 g/mol. The van der Waals surface area contributed by atoms with Crippen LogP contribution in [0.15, 0.2) is 54.9 Å². The van der Waals surface area contributed by atoms with Crippen molar-refractivity contribution in [1.29, 1.82) is 0 Å². The number of amides is 1. The molecule has 5 nitrogen and oxygen atoms in total. The summed E-state index contributed by atoms with van der Waals surface area (Å²) in [6.45, 7) is 3.76. The fourth-order valence-electron chi connectivity index (χ4n) is 4.68. The summed E-state index contributed by atoms with van der Waals surface area (Å²) in [5.74, 6) is 0.789. The van der Waals surface area contributed by atoms with Gasteiger partial charge in [-0.05, 0) is 55.5 Å². The van der Waals surface area contributed by atoms with Crippen molar-refractivity contribution in [2.45, 2.75) is 31.3 Å². The van der Waals surface area contributed by atoms with Crippen molar-refractivity contribution >= 4 is 5.91 Å². The minimum Gasteiger partial charge on any atom is -0.362 e. The highest BCUT2D eigenvalue weighted by Gasteiger charge is 2.45. The molecule has 1 aromatic heterocycles. The monoisotopic (exact) mass is 393 g/mol. The topological polar surface area (TPSA) is 45.7 Å². The molecule has 2 saturated heterocycles. The van der Waals surface area contributed by atoms with E-state index in [0.717, 1.165) is 44.5 Å². The van der Waals surface area contributed by atoms with Crippen LogP contribution in [0, 0.1) is 5.92 Å². The Balaban J connectivity index is 1.43. The molecule has 1 atom stereocenters. The maximum atomic E-state index is 13.7. The van der Waals surface area contributed by atoms with Crippen LogP contribution in [0.5, 0.6) is 0 Å². The molecule has 2 aliphatic heterocycles. The molecule has 0 aliphatic carbocycles. The third-order valence-electron chi connectivity index (χ3n) is 6.27. The van der Waals surface area contributed by atoms with Crippen molar-refractivity contribution < 1.29 is 9.53 Å². The number of likely N-dealkylation sites (tertiary alicyclic amines) is 1. The number of hydrogen-bond acceptors (Lipinski definition) is 4. The molecular formula is C24H31N3O2. The predicted octanol–water partition coefficient (Wildman–Crippen LogP) is 2.81. The van der Waals surface area contributed by atoms with Crippen LogP contribution in [-0.2, 0) is 22.4 Å². The summed E-state index contributed by atoms with van der Waals surface area (Å²) in [7, 11) is 2.08. The standard InChI is InChI=1S/C24H31N3O2/c1-26-15-16-29-24(19-26,18-22-5-3-2-4-6-22)23(28)27-13-9-21(10-14-27)17-20-7-11-25-12-8-20/h2-8,11-12,21H,9-10,13-19H2,1H3. The molecule has 3 heterocycles. The highest BCUT2D eigenvalue weighted by Crippen LogP contribution is 2.29. The zero-order chi connectivity index (χ0) is 20.1. The van der Waals surface area contributed by atoms with Gasteiger partial charge in [0.15, 0.2) is 5.60 Å². The Morgan fingerprint density at radius 3 is 2.48 bits per heavy atom. The number of piperidine rings is 1. The number of nitrogens with zero attached hydrogens (tertiary/aromatic N) is 3. The number of rotatable bonds is 5. The molecule has 2 aromatic rings. The molecule has 0 saturated carbocycles. The number of carbonyl (C=O) groups is 1. The van der Waals surface area contributed by atoms with Gasteiger partial charge in [0.2, 0.25) is 0 Å². The highest BCUT2D eigenvalue weighted by atomic mass is 16.5. The smallest absolute Gasteiger partial charge is 0.256 e. The average Bonchev–Trinajstić information content (AvgIpc) is 2.75. The maximum absolute atomic E-state index is 13.7. The van der Waals surface area contributed by atoms with Crippen LogP contribution in [0.4, 0.5) is 0 Å². The lowest BCUT2D eigenvalue weighted by Gasteiger charge is -2.44. The zero-order valence-corrected chi connectivity index (χ0v) is 17.3. The minimum absolute atomic E-state index is 0.162. The van der Waals surface area contributed by atoms with Crippen LogP contribution in [0.1, 0.15) is 24.0 Å². The van der Waals surface area contributed by atoms with Crippen molar-refractivity contribution in [3.8, 4) is 0 Å². The number of benzene rings is 1. The van der Waals surface area contributed by atoms with Crippen LogP contribution in [0.3, 0.4) is 0 Å². The molecule has 5 heteroatoms. The number of pyridine rings is 1. The van der Waals surface area contributed by atoms with Crippen molar-refractivity contribution in [2.75, 3.05) is 39.8 Å². The lowest BCUT2D eigenvalue weighted by molar-refractivity contribution is -0.171. The number of likely N-dealkylation sites (N-methyl/N-ethyl adjacent to an activating group) is 1. The van der Waals surface area contributed by atoms with E-state index in [1.54, 1.807) is 0 Å². The predicted molar refractivity (Wildman–Crippen MR) is 114 cm³/mol. The van der Waals surface area contributed by atoms with Crippen LogP contribution < -0.4 is 0 Å². The van der Waals surface area contributed by atoms with Crippen molar-refractivity contribution in [3.05, 3.63) is 66.0 Å². The van der Waals surface area contributed by atoms with E-state index in [9.17, 15) is 4.79 Å². The van der Waals surface area contributed by atoms with Gasteiger partial charge >= 0.3 is 0 Å². The molecule has 1 unspecified atom stereocenters. The van der Waals surface area contributed by atoms with Gasteiger partial charge in [-0.15, -0.1) is 0 Å². The van der Waals surface area contributed by atoms with Crippen LogP contribution in [0.25, 0.3) is 0 Å². The lowest BCUT2D eigenvalue weighted by Crippen LogP contribution is -2.62. The van der Waals surface area contributed by atoms with Gasteiger partial charge in [-0.3, -0.25) is 9.78 Å². The number of ether oxygens (including phenoxy) is 1. The summed E-state index contributed by atoms with van der Waals surface area (Å²) < 4.78 is 6.24. The van der Waals surface area contributed by atoms with Crippen molar-refractivity contribution in [2.24, 2.45) is 5.92 Å². The summed E-state index contributed by atoms with van der Waals surface area (Å²) in [5, 5.41) is 0. The number of morpholine rings is 1. The SMILES string of the molecule is CN1CCOC(Cc2ccccc2)(C(=O)N2CCC(Cc3ccncc3)CC2)C1. The number of aromatic nitrogens is 1. The summed E-state index contributed by atoms with van der Waals surface area (Å²) in [6, 6.07) is 14.5. The van der Waals surface area contributed by atoms with E-state index in [2.05, 4.69) is 41.2 Å². The number of carbonyl (C=O) groups excluding carboxylic acids is 1. The normalized spacial score (nSPS) is 23.8. The molecule has 4 rings (SSSR count). The summed E-state index contributed by atoms with van der Waals surface area (Å²) in [6.07, 6.45) is 7.51. The largest absolute Gasteiger partial charge is 0.362 e. The van der Waals surface area contributed by atoms with Crippen LogP contribution in [0.2, 0.25) is 0 Å².